The SMILES string of the molecule is CC(=O)OC[C@H]1O[C@H](OCCOCCOCCOCCOCc2ccccc2)[C@@H](OC(C)=O)[C@@H](OC(C)=O)[C@@H]1OC(C)=O. The molecular weight excluding hydrogens is 572 g/mol. The molecule has 1 fully saturated rings. The van der Waals surface area contributed by atoms with Crippen molar-refractivity contribution in [2.45, 2.75) is 65.0 Å². The van der Waals surface area contributed by atoms with E-state index in [2.05, 4.69) is 0 Å². The molecule has 1 aromatic carbocycles. The Morgan fingerprint density at radius 2 is 1.09 bits per heavy atom. The van der Waals surface area contributed by atoms with Gasteiger partial charge in [-0.05, 0) is 5.56 Å². The predicted octanol–water partition coefficient (Wildman–Crippen LogP) is 1.35. The first-order valence-electron chi connectivity index (χ1n) is 13.9. The van der Waals surface area contributed by atoms with E-state index in [0.29, 0.717) is 39.6 Å². The number of carbonyl (C=O) groups is 4. The Morgan fingerprint density at radius 1 is 0.605 bits per heavy atom. The van der Waals surface area contributed by atoms with Gasteiger partial charge in [-0.15, -0.1) is 0 Å². The summed E-state index contributed by atoms with van der Waals surface area (Å²) in [5, 5.41) is 0. The van der Waals surface area contributed by atoms with Gasteiger partial charge in [-0.3, -0.25) is 19.2 Å². The fourth-order valence-corrected chi connectivity index (χ4v) is 3.97. The van der Waals surface area contributed by atoms with Gasteiger partial charge in [0, 0.05) is 27.7 Å². The number of benzene rings is 1. The van der Waals surface area contributed by atoms with Crippen molar-refractivity contribution in [3.05, 3.63) is 35.9 Å². The van der Waals surface area contributed by atoms with E-state index in [1.54, 1.807) is 0 Å². The molecule has 0 unspecified atom stereocenters. The zero-order chi connectivity index (χ0) is 31.5. The lowest BCUT2D eigenvalue weighted by atomic mass is 9.98. The molecule has 0 bridgehead atoms. The molecule has 2 rings (SSSR count). The van der Waals surface area contributed by atoms with E-state index in [0.717, 1.165) is 26.3 Å². The maximum absolute atomic E-state index is 11.9. The summed E-state index contributed by atoms with van der Waals surface area (Å²) in [6.45, 7) is 7.33. The van der Waals surface area contributed by atoms with E-state index in [9.17, 15) is 19.2 Å². The second-order valence-corrected chi connectivity index (χ2v) is 9.31. The summed E-state index contributed by atoms with van der Waals surface area (Å²) >= 11 is 0. The van der Waals surface area contributed by atoms with Crippen LogP contribution in [0, 0.1) is 0 Å². The number of ether oxygens (including phenoxy) is 10. The fourth-order valence-electron chi connectivity index (χ4n) is 3.97. The summed E-state index contributed by atoms with van der Waals surface area (Å²) < 4.78 is 54.7. The molecule has 0 spiro atoms. The van der Waals surface area contributed by atoms with Crippen molar-refractivity contribution in [3.63, 3.8) is 0 Å². The van der Waals surface area contributed by atoms with E-state index in [-0.39, 0.29) is 26.4 Å². The van der Waals surface area contributed by atoms with Crippen LogP contribution in [0.25, 0.3) is 0 Å². The van der Waals surface area contributed by atoms with Gasteiger partial charge in [0.1, 0.15) is 12.7 Å². The summed E-state index contributed by atoms with van der Waals surface area (Å²) in [6, 6.07) is 9.88. The quantitative estimate of drug-likeness (QED) is 0.118. The summed E-state index contributed by atoms with van der Waals surface area (Å²) in [4.78, 5) is 46.9. The van der Waals surface area contributed by atoms with Crippen LogP contribution in [-0.2, 0) is 73.2 Å². The second kappa shape index (κ2) is 20.7. The van der Waals surface area contributed by atoms with Crippen molar-refractivity contribution >= 4 is 23.9 Å². The average molecular weight is 615 g/mol. The van der Waals surface area contributed by atoms with Gasteiger partial charge in [0.15, 0.2) is 24.6 Å². The largest absolute Gasteiger partial charge is 0.463 e. The highest BCUT2D eigenvalue weighted by Gasteiger charge is 2.52. The summed E-state index contributed by atoms with van der Waals surface area (Å²) in [5.74, 6) is -2.76. The molecule has 1 aliphatic heterocycles. The van der Waals surface area contributed by atoms with Gasteiger partial charge in [-0.25, -0.2) is 0 Å². The number of rotatable bonds is 20. The number of carbonyl (C=O) groups excluding carboxylic acids is 4. The van der Waals surface area contributed by atoms with Crippen molar-refractivity contribution in [2.24, 2.45) is 0 Å². The lowest BCUT2D eigenvalue weighted by molar-refractivity contribution is -0.309. The van der Waals surface area contributed by atoms with Gasteiger partial charge in [0.25, 0.3) is 0 Å². The number of hydrogen-bond acceptors (Lipinski definition) is 14. The molecule has 0 radical (unpaired) electrons. The van der Waals surface area contributed by atoms with Crippen molar-refractivity contribution in [3.8, 4) is 0 Å². The number of hydrogen-bond donors (Lipinski definition) is 0. The minimum atomic E-state index is -1.29. The molecule has 1 saturated heterocycles. The molecule has 5 atom stereocenters. The van der Waals surface area contributed by atoms with E-state index >= 15 is 0 Å². The molecule has 43 heavy (non-hydrogen) atoms. The molecule has 0 amide bonds. The van der Waals surface area contributed by atoms with Crippen LogP contribution in [0.1, 0.15) is 33.3 Å². The van der Waals surface area contributed by atoms with Crippen LogP contribution < -0.4 is 0 Å². The van der Waals surface area contributed by atoms with E-state index < -0.39 is 54.6 Å². The van der Waals surface area contributed by atoms with Crippen LogP contribution in [-0.4, -0.2) is 114 Å². The Kier molecular flexibility index (Phi) is 17.4. The van der Waals surface area contributed by atoms with Crippen LogP contribution in [0.5, 0.6) is 0 Å². The normalized spacial score (nSPS) is 21.5. The Hall–Kier alpha value is -3.14. The third-order valence-corrected chi connectivity index (χ3v) is 5.69. The molecule has 14 heteroatoms. The fraction of sp³-hybridized carbons (Fsp3) is 0.655. The molecule has 1 aliphatic rings. The lowest BCUT2D eigenvalue weighted by Crippen LogP contribution is -2.63. The van der Waals surface area contributed by atoms with Crippen molar-refractivity contribution in [1.82, 2.24) is 0 Å². The molecule has 242 valence electrons. The van der Waals surface area contributed by atoms with E-state index in [4.69, 9.17) is 47.4 Å². The van der Waals surface area contributed by atoms with Crippen LogP contribution in [0.2, 0.25) is 0 Å². The monoisotopic (exact) mass is 614 g/mol. The maximum Gasteiger partial charge on any atom is 0.303 e. The molecular formula is C29H42O14. The Morgan fingerprint density at radius 3 is 1.63 bits per heavy atom. The molecule has 14 nitrogen and oxygen atoms in total. The Labute approximate surface area is 251 Å². The predicted molar refractivity (Wildman–Crippen MR) is 146 cm³/mol. The van der Waals surface area contributed by atoms with Gasteiger partial charge < -0.3 is 47.4 Å². The van der Waals surface area contributed by atoms with Gasteiger partial charge in [-0.2, -0.15) is 0 Å². The molecule has 1 aromatic rings. The van der Waals surface area contributed by atoms with Gasteiger partial charge in [0.05, 0.1) is 59.5 Å². The molecule has 0 aromatic heterocycles. The third-order valence-electron chi connectivity index (χ3n) is 5.69. The highest BCUT2D eigenvalue weighted by atomic mass is 16.7. The number of esters is 4. The first-order valence-corrected chi connectivity index (χ1v) is 13.9. The first-order chi connectivity index (χ1) is 20.7. The van der Waals surface area contributed by atoms with Crippen LogP contribution in [0.15, 0.2) is 30.3 Å². The molecule has 1 heterocycles. The highest BCUT2D eigenvalue weighted by molar-refractivity contribution is 5.68. The lowest BCUT2D eigenvalue weighted by Gasteiger charge is -2.44. The van der Waals surface area contributed by atoms with Crippen LogP contribution in [0.3, 0.4) is 0 Å². The summed E-state index contributed by atoms with van der Waals surface area (Å²) in [5.41, 5.74) is 1.11. The summed E-state index contributed by atoms with van der Waals surface area (Å²) in [6.07, 6.45) is -6.16. The minimum absolute atomic E-state index is 0.000166. The zero-order valence-electron chi connectivity index (χ0n) is 25.1. The maximum atomic E-state index is 11.9. The van der Waals surface area contributed by atoms with Gasteiger partial charge in [0.2, 0.25) is 0 Å². The minimum Gasteiger partial charge on any atom is -0.463 e. The van der Waals surface area contributed by atoms with Gasteiger partial charge >= 0.3 is 23.9 Å². The average Bonchev–Trinajstić information content (AvgIpc) is 2.94. The molecule has 0 aliphatic carbocycles. The first kappa shape index (κ1) is 36.1. The zero-order valence-corrected chi connectivity index (χ0v) is 25.1. The van der Waals surface area contributed by atoms with Crippen molar-refractivity contribution in [1.29, 1.82) is 0 Å². The second-order valence-electron chi connectivity index (χ2n) is 9.31. The molecule has 0 saturated carbocycles. The van der Waals surface area contributed by atoms with Crippen LogP contribution >= 0.6 is 0 Å². The topological polar surface area (TPSA) is 161 Å². The third kappa shape index (κ3) is 15.2. The standard InChI is InChI=1S/C29H42O14/c1-20(30)39-19-25-26(40-21(2)31)27(41-22(3)32)28(42-23(4)33)29(43-25)38-17-16-36-13-12-34-10-11-35-14-15-37-18-24-8-6-5-7-9-24/h5-9,25-29H,10-19H2,1-4H3/t25-,26-,27+,28+,29+/m1/s1. The van der Waals surface area contributed by atoms with Crippen molar-refractivity contribution < 1.29 is 66.5 Å². The van der Waals surface area contributed by atoms with E-state index in [1.165, 1.54) is 6.92 Å². The van der Waals surface area contributed by atoms with Crippen LogP contribution in [0.4, 0.5) is 0 Å². The Balaban J connectivity index is 1.72. The molecule has 0 N–H and O–H groups in total. The smallest absolute Gasteiger partial charge is 0.303 e. The summed E-state index contributed by atoms with van der Waals surface area (Å²) in [7, 11) is 0. The highest BCUT2D eigenvalue weighted by Crippen LogP contribution is 2.30. The van der Waals surface area contributed by atoms with E-state index in [1.807, 2.05) is 30.3 Å². The Bertz CT molecular complexity index is 971. The van der Waals surface area contributed by atoms with Gasteiger partial charge in [-0.1, -0.05) is 30.3 Å². The van der Waals surface area contributed by atoms with Crippen molar-refractivity contribution in [2.75, 3.05) is 59.5 Å².